The van der Waals surface area contributed by atoms with E-state index in [2.05, 4.69) is 0 Å². The number of hydrogen-bond donors (Lipinski definition) is 3. The maximum Gasteiger partial charge on any atom is 0.0938 e. The molecule has 0 aromatic heterocycles. The van der Waals surface area contributed by atoms with Crippen LogP contribution < -0.4 is 5.73 Å². The first-order valence-electron chi connectivity index (χ1n) is 5.18. The second kappa shape index (κ2) is 4.59. The van der Waals surface area contributed by atoms with Crippen molar-refractivity contribution in [1.82, 2.24) is 4.90 Å². The van der Waals surface area contributed by atoms with Crippen molar-refractivity contribution in [3.05, 3.63) is 28.8 Å². The lowest BCUT2D eigenvalue weighted by Gasteiger charge is -2.15. The molecule has 88 valence electrons. The Balaban J connectivity index is 2.05. The van der Waals surface area contributed by atoms with E-state index >= 15 is 0 Å². The number of aliphatic hydroxyl groups excluding tert-OH is 2. The average molecular weight is 243 g/mol. The van der Waals surface area contributed by atoms with Gasteiger partial charge < -0.3 is 15.9 Å². The molecule has 0 aliphatic carbocycles. The van der Waals surface area contributed by atoms with Crippen LogP contribution in [0.1, 0.15) is 5.56 Å². The van der Waals surface area contributed by atoms with Crippen molar-refractivity contribution in [2.24, 2.45) is 0 Å². The standard InChI is InChI=1S/C11H15ClN2O2/c12-9-3-8(13)2-1-7(9)4-14-5-10(15)11(16)6-14/h1-3,10-11,15-16H,4-6,13H2. The molecule has 4 nitrogen and oxygen atoms in total. The summed E-state index contributed by atoms with van der Waals surface area (Å²) in [6, 6.07) is 5.37. The molecule has 16 heavy (non-hydrogen) atoms. The highest BCUT2D eigenvalue weighted by atomic mass is 35.5. The smallest absolute Gasteiger partial charge is 0.0938 e. The van der Waals surface area contributed by atoms with Crippen LogP contribution in [0.2, 0.25) is 5.02 Å². The van der Waals surface area contributed by atoms with Crippen LogP contribution >= 0.6 is 11.6 Å². The van der Waals surface area contributed by atoms with Gasteiger partial charge in [0.2, 0.25) is 0 Å². The Labute approximate surface area is 99.2 Å². The molecule has 1 saturated heterocycles. The molecule has 2 atom stereocenters. The van der Waals surface area contributed by atoms with E-state index in [1.54, 1.807) is 12.1 Å². The summed E-state index contributed by atoms with van der Waals surface area (Å²) in [5.41, 5.74) is 7.19. The lowest BCUT2D eigenvalue weighted by Crippen LogP contribution is -2.22. The molecule has 2 unspecified atom stereocenters. The molecule has 0 spiro atoms. The maximum atomic E-state index is 9.41. The quantitative estimate of drug-likeness (QED) is 0.659. The van der Waals surface area contributed by atoms with E-state index in [0.717, 1.165) is 5.56 Å². The van der Waals surface area contributed by atoms with Gasteiger partial charge in [-0.3, -0.25) is 4.90 Å². The van der Waals surface area contributed by atoms with Crippen molar-refractivity contribution in [3.8, 4) is 0 Å². The topological polar surface area (TPSA) is 69.7 Å². The van der Waals surface area contributed by atoms with Gasteiger partial charge in [-0.25, -0.2) is 0 Å². The summed E-state index contributed by atoms with van der Waals surface area (Å²) < 4.78 is 0. The lowest BCUT2D eigenvalue weighted by molar-refractivity contribution is 0.0572. The van der Waals surface area contributed by atoms with E-state index in [4.69, 9.17) is 17.3 Å². The van der Waals surface area contributed by atoms with Crippen LogP contribution in [0.4, 0.5) is 5.69 Å². The van der Waals surface area contributed by atoms with Gasteiger partial charge >= 0.3 is 0 Å². The van der Waals surface area contributed by atoms with Gasteiger partial charge in [-0.05, 0) is 17.7 Å². The molecule has 1 aromatic rings. The van der Waals surface area contributed by atoms with E-state index in [1.807, 2.05) is 11.0 Å². The number of nitrogens with two attached hydrogens (primary N) is 1. The van der Waals surface area contributed by atoms with E-state index in [1.165, 1.54) is 0 Å². The van der Waals surface area contributed by atoms with Crippen LogP contribution in [0.15, 0.2) is 18.2 Å². The van der Waals surface area contributed by atoms with E-state index in [-0.39, 0.29) is 0 Å². The summed E-state index contributed by atoms with van der Waals surface area (Å²) in [6.07, 6.45) is -1.32. The highest BCUT2D eigenvalue weighted by Crippen LogP contribution is 2.22. The van der Waals surface area contributed by atoms with Crippen LogP contribution in [-0.2, 0) is 6.54 Å². The number of nitrogen functional groups attached to an aromatic ring is 1. The number of rotatable bonds is 2. The summed E-state index contributed by atoms with van der Waals surface area (Å²) >= 11 is 6.05. The lowest BCUT2D eigenvalue weighted by atomic mass is 10.2. The molecule has 0 amide bonds. The number of benzene rings is 1. The Hall–Kier alpha value is -0.810. The molecule has 1 heterocycles. The Morgan fingerprint density at radius 1 is 1.31 bits per heavy atom. The third-order valence-electron chi connectivity index (χ3n) is 2.81. The van der Waals surface area contributed by atoms with Gasteiger partial charge in [0, 0.05) is 30.3 Å². The fourth-order valence-corrected chi connectivity index (χ4v) is 2.16. The molecule has 0 saturated carbocycles. The fourth-order valence-electron chi connectivity index (χ4n) is 1.91. The van der Waals surface area contributed by atoms with E-state index in [9.17, 15) is 10.2 Å². The van der Waals surface area contributed by atoms with Crippen molar-refractivity contribution >= 4 is 17.3 Å². The van der Waals surface area contributed by atoms with Crippen molar-refractivity contribution in [1.29, 1.82) is 0 Å². The molecule has 5 heteroatoms. The van der Waals surface area contributed by atoms with Gasteiger partial charge in [0.15, 0.2) is 0 Å². The zero-order chi connectivity index (χ0) is 11.7. The van der Waals surface area contributed by atoms with Crippen LogP contribution in [0.25, 0.3) is 0 Å². The highest BCUT2D eigenvalue weighted by molar-refractivity contribution is 6.31. The van der Waals surface area contributed by atoms with Crippen molar-refractivity contribution < 1.29 is 10.2 Å². The Kier molecular flexibility index (Phi) is 3.35. The molecule has 4 N–H and O–H groups in total. The minimum atomic E-state index is -0.660. The average Bonchev–Trinajstić information content (AvgIpc) is 2.51. The third kappa shape index (κ3) is 2.47. The molecule has 1 aliphatic heterocycles. The monoisotopic (exact) mass is 242 g/mol. The van der Waals surface area contributed by atoms with Gasteiger partial charge in [-0.2, -0.15) is 0 Å². The Morgan fingerprint density at radius 2 is 1.94 bits per heavy atom. The summed E-state index contributed by atoms with van der Waals surface area (Å²) in [7, 11) is 0. The number of β-amino-alcohol motifs (C(OH)–C–C–N with tert-alkyl or cyclic N) is 2. The van der Waals surface area contributed by atoms with Crippen LogP contribution in [0.3, 0.4) is 0 Å². The van der Waals surface area contributed by atoms with Gasteiger partial charge in [0.05, 0.1) is 12.2 Å². The first kappa shape index (κ1) is 11.7. The van der Waals surface area contributed by atoms with Gasteiger partial charge in [-0.1, -0.05) is 17.7 Å². The van der Waals surface area contributed by atoms with Gasteiger partial charge in [-0.15, -0.1) is 0 Å². The molecular weight excluding hydrogens is 228 g/mol. The number of likely N-dealkylation sites (tertiary alicyclic amines) is 1. The summed E-state index contributed by atoms with van der Waals surface area (Å²) in [4.78, 5) is 1.97. The largest absolute Gasteiger partial charge is 0.399 e. The van der Waals surface area contributed by atoms with E-state index in [0.29, 0.717) is 30.3 Å². The zero-order valence-corrected chi connectivity index (χ0v) is 9.56. The second-order valence-electron chi connectivity index (χ2n) is 4.18. The third-order valence-corrected chi connectivity index (χ3v) is 3.16. The van der Waals surface area contributed by atoms with Crippen molar-refractivity contribution in [3.63, 3.8) is 0 Å². The van der Waals surface area contributed by atoms with Gasteiger partial charge in [0.25, 0.3) is 0 Å². The first-order valence-corrected chi connectivity index (χ1v) is 5.56. The molecular formula is C11H15ClN2O2. The molecule has 0 bridgehead atoms. The van der Waals surface area contributed by atoms with E-state index < -0.39 is 12.2 Å². The predicted molar refractivity (Wildman–Crippen MR) is 63.2 cm³/mol. The number of halogens is 1. The fraction of sp³-hybridized carbons (Fsp3) is 0.455. The Bertz CT molecular complexity index is 376. The predicted octanol–water partition coefficient (Wildman–Crippen LogP) is 0.460. The summed E-state index contributed by atoms with van der Waals surface area (Å²) in [6.45, 7) is 1.57. The minimum Gasteiger partial charge on any atom is -0.399 e. The number of hydrogen-bond acceptors (Lipinski definition) is 4. The number of nitrogens with zero attached hydrogens (tertiary/aromatic N) is 1. The molecule has 2 rings (SSSR count). The molecule has 0 radical (unpaired) electrons. The normalized spacial score (nSPS) is 26.2. The molecule has 1 aromatic carbocycles. The van der Waals surface area contributed by atoms with Crippen molar-refractivity contribution in [2.75, 3.05) is 18.8 Å². The number of anilines is 1. The van der Waals surface area contributed by atoms with Crippen molar-refractivity contribution in [2.45, 2.75) is 18.8 Å². The summed E-state index contributed by atoms with van der Waals surface area (Å²) in [5, 5.41) is 19.5. The maximum absolute atomic E-state index is 9.41. The highest BCUT2D eigenvalue weighted by Gasteiger charge is 2.29. The molecule has 1 fully saturated rings. The SMILES string of the molecule is Nc1ccc(CN2CC(O)C(O)C2)c(Cl)c1. The summed E-state index contributed by atoms with van der Waals surface area (Å²) in [5.74, 6) is 0. The number of aliphatic hydroxyl groups is 2. The Morgan fingerprint density at radius 3 is 2.50 bits per heavy atom. The van der Waals surface area contributed by atoms with Crippen LogP contribution in [0.5, 0.6) is 0 Å². The molecule has 1 aliphatic rings. The second-order valence-corrected chi connectivity index (χ2v) is 4.59. The zero-order valence-electron chi connectivity index (χ0n) is 8.81. The van der Waals surface area contributed by atoms with Crippen LogP contribution in [-0.4, -0.2) is 40.4 Å². The van der Waals surface area contributed by atoms with Gasteiger partial charge in [0.1, 0.15) is 0 Å². The van der Waals surface area contributed by atoms with Crippen LogP contribution in [0, 0.1) is 0 Å². The first-order chi connectivity index (χ1) is 7.56. The minimum absolute atomic E-state index is 0.474.